The van der Waals surface area contributed by atoms with Gasteiger partial charge in [0.2, 0.25) is 0 Å². The van der Waals surface area contributed by atoms with E-state index in [-0.39, 0.29) is 0 Å². The molecule has 2 nitrogen and oxygen atoms in total. The van der Waals surface area contributed by atoms with Crippen LogP contribution in [0, 0.1) is 0 Å². The van der Waals surface area contributed by atoms with E-state index in [4.69, 9.17) is 0 Å². The summed E-state index contributed by atoms with van der Waals surface area (Å²) in [5.74, 6) is 0. The Hall–Kier alpha value is -1.96. The predicted molar refractivity (Wildman–Crippen MR) is 77.0 cm³/mol. The fourth-order valence-corrected chi connectivity index (χ4v) is 1.70. The van der Waals surface area contributed by atoms with Crippen molar-refractivity contribution in [1.29, 1.82) is 0 Å². The Morgan fingerprint density at radius 2 is 1.89 bits per heavy atom. The van der Waals surface area contributed by atoms with E-state index in [1.54, 1.807) is 0 Å². The fraction of sp³-hybridized carbons (Fsp3) is 0.250. The number of nitrogens with zero attached hydrogens (tertiary/aromatic N) is 2. The monoisotopic (exact) mass is 238 g/mol. The highest BCUT2D eigenvalue weighted by molar-refractivity contribution is 5.78. The van der Waals surface area contributed by atoms with Crippen LogP contribution < -0.4 is 0 Å². The average Bonchev–Trinajstić information content (AvgIpc) is 2.45. The first-order chi connectivity index (χ1) is 8.90. The molecule has 1 heterocycles. The minimum atomic E-state index is 0.883. The van der Waals surface area contributed by atoms with E-state index in [0.29, 0.717) is 0 Å². The van der Waals surface area contributed by atoms with Crippen LogP contribution in [-0.2, 0) is 0 Å². The number of aromatic nitrogens is 1. The average molecular weight is 238 g/mol. The van der Waals surface area contributed by atoms with Gasteiger partial charge in [-0.2, -0.15) is 0 Å². The predicted octanol–water partition coefficient (Wildman–Crippen LogP) is 3.97. The van der Waals surface area contributed by atoms with E-state index in [1.807, 2.05) is 42.6 Å². The van der Waals surface area contributed by atoms with E-state index < -0.39 is 0 Å². The molecule has 0 aliphatic heterocycles. The Labute approximate surface area is 108 Å². The van der Waals surface area contributed by atoms with Gasteiger partial charge in [0, 0.05) is 18.3 Å². The third-order valence-corrected chi connectivity index (χ3v) is 2.70. The summed E-state index contributed by atoms with van der Waals surface area (Å²) >= 11 is 0. The zero-order valence-corrected chi connectivity index (χ0v) is 10.7. The molecule has 1 aromatic carbocycles. The number of hydrogen-bond donors (Lipinski definition) is 0. The molecule has 0 unspecified atom stereocenters. The molecule has 0 fully saturated rings. The lowest BCUT2D eigenvalue weighted by Gasteiger charge is -2.01. The second-order valence-corrected chi connectivity index (χ2v) is 4.20. The summed E-state index contributed by atoms with van der Waals surface area (Å²) in [5.41, 5.74) is 3.06. The summed E-state index contributed by atoms with van der Waals surface area (Å²) in [4.78, 5) is 8.97. The summed E-state index contributed by atoms with van der Waals surface area (Å²) < 4.78 is 0. The van der Waals surface area contributed by atoms with Gasteiger partial charge in [-0.15, -0.1) is 0 Å². The Morgan fingerprint density at radius 3 is 2.67 bits per heavy atom. The fourth-order valence-electron chi connectivity index (χ4n) is 1.70. The molecular formula is C16H18N2. The van der Waals surface area contributed by atoms with Crippen LogP contribution in [0.4, 0.5) is 0 Å². The van der Waals surface area contributed by atoms with Gasteiger partial charge >= 0.3 is 0 Å². The largest absolute Gasteiger partial charge is 0.291 e. The molecule has 0 aliphatic carbocycles. The summed E-state index contributed by atoms with van der Waals surface area (Å²) in [6, 6.07) is 16.2. The molecule has 0 saturated heterocycles. The van der Waals surface area contributed by atoms with Gasteiger partial charge in [0.25, 0.3) is 0 Å². The van der Waals surface area contributed by atoms with Crippen LogP contribution in [0.5, 0.6) is 0 Å². The lowest BCUT2D eigenvalue weighted by Crippen LogP contribution is -1.91. The molecule has 0 saturated carbocycles. The van der Waals surface area contributed by atoms with Crippen LogP contribution in [0.2, 0.25) is 0 Å². The second-order valence-electron chi connectivity index (χ2n) is 4.20. The van der Waals surface area contributed by atoms with Gasteiger partial charge in [0.1, 0.15) is 0 Å². The molecule has 0 amide bonds. The van der Waals surface area contributed by atoms with Gasteiger partial charge < -0.3 is 0 Å². The lowest BCUT2D eigenvalue weighted by molar-refractivity contribution is 0.810. The van der Waals surface area contributed by atoms with Crippen LogP contribution in [0.3, 0.4) is 0 Å². The number of pyridine rings is 1. The van der Waals surface area contributed by atoms with Gasteiger partial charge in [-0.25, -0.2) is 4.98 Å². The molecule has 0 N–H and O–H groups in total. The van der Waals surface area contributed by atoms with Gasteiger partial charge in [0.15, 0.2) is 0 Å². The van der Waals surface area contributed by atoms with Crippen LogP contribution in [0.15, 0.2) is 53.5 Å². The third-order valence-electron chi connectivity index (χ3n) is 2.70. The van der Waals surface area contributed by atoms with Crippen molar-refractivity contribution in [2.24, 2.45) is 4.99 Å². The highest BCUT2D eigenvalue weighted by atomic mass is 14.8. The molecule has 2 aromatic rings. The van der Waals surface area contributed by atoms with Crippen LogP contribution in [0.25, 0.3) is 11.3 Å². The van der Waals surface area contributed by atoms with E-state index >= 15 is 0 Å². The van der Waals surface area contributed by atoms with E-state index in [9.17, 15) is 0 Å². The molecule has 92 valence electrons. The molecule has 0 radical (unpaired) electrons. The van der Waals surface area contributed by atoms with Crippen molar-refractivity contribution in [2.45, 2.75) is 19.8 Å². The van der Waals surface area contributed by atoms with E-state index in [2.05, 4.69) is 29.0 Å². The van der Waals surface area contributed by atoms with Crippen molar-refractivity contribution in [1.82, 2.24) is 4.98 Å². The maximum atomic E-state index is 4.59. The molecule has 2 rings (SSSR count). The summed E-state index contributed by atoms with van der Waals surface area (Å²) in [7, 11) is 0. The summed E-state index contributed by atoms with van der Waals surface area (Å²) in [6.07, 6.45) is 4.17. The van der Waals surface area contributed by atoms with Crippen LogP contribution >= 0.6 is 0 Å². The summed E-state index contributed by atoms with van der Waals surface area (Å²) in [5, 5.41) is 0. The Bertz CT molecular complexity index is 504. The standard InChI is InChI=1S/C16H18N2/c1-2-3-12-17-13-15-10-7-11-16(18-15)14-8-5-4-6-9-14/h4-11,13H,2-3,12H2,1H3/b17-13+. The summed E-state index contributed by atoms with van der Waals surface area (Å²) in [6.45, 7) is 3.05. The van der Waals surface area contributed by atoms with Gasteiger partial charge in [0.05, 0.1) is 11.4 Å². The Balaban J connectivity index is 2.13. The molecule has 18 heavy (non-hydrogen) atoms. The first kappa shape index (κ1) is 12.5. The minimum Gasteiger partial charge on any atom is -0.291 e. The molecule has 0 aliphatic rings. The first-order valence-electron chi connectivity index (χ1n) is 6.42. The topological polar surface area (TPSA) is 25.2 Å². The smallest absolute Gasteiger partial charge is 0.0815 e. The van der Waals surface area contributed by atoms with Crippen LogP contribution in [-0.4, -0.2) is 17.7 Å². The maximum absolute atomic E-state index is 4.59. The lowest BCUT2D eigenvalue weighted by atomic mass is 10.1. The number of rotatable bonds is 5. The van der Waals surface area contributed by atoms with Crippen molar-refractivity contribution in [3.8, 4) is 11.3 Å². The second kappa shape index (κ2) is 6.70. The number of aliphatic imine (C=N–C) groups is 1. The first-order valence-corrected chi connectivity index (χ1v) is 6.42. The molecule has 0 spiro atoms. The zero-order valence-electron chi connectivity index (χ0n) is 10.7. The highest BCUT2D eigenvalue weighted by Gasteiger charge is 1.98. The van der Waals surface area contributed by atoms with Gasteiger partial charge in [-0.3, -0.25) is 4.99 Å². The third kappa shape index (κ3) is 3.52. The van der Waals surface area contributed by atoms with E-state index in [0.717, 1.165) is 29.9 Å². The van der Waals surface area contributed by atoms with Crippen molar-refractivity contribution < 1.29 is 0 Å². The normalized spacial score (nSPS) is 10.9. The molecule has 0 atom stereocenters. The number of unbranched alkanes of at least 4 members (excludes halogenated alkanes) is 1. The minimum absolute atomic E-state index is 0.883. The Morgan fingerprint density at radius 1 is 1.06 bits per heavy atom. The quantitative estimate of drug-likeness (QED) is 0.571. The van der Waals surface area contributed by atoms with Gasteiger partial charge in [-0.1, -0.05) is 49.7 Å². The molecule has 2 heteroatoms. The van der Waals surface area contributed by atoms with Crippen molar-refractivity contribution in [3.63, 3.8) is 0 Å². The zero-order chi connectivity index (χ0) is 12.6. The maximum Gasteiger partial charge on any atom is 0.0815 e. The van der Waals surface area contributed by atoms with Crippen molar-refractivity contribution in [2.75, 3.05) is 6.54 Å². The van der Waals surface area contributed by atoms with Gasteiger partial charge in [-0.05, 0) is 18.6 Å². The molecule has 1 aromatic heterocycles. The van der Waals surface area contributed by atoms with Crippen molar-refractivity contribution >= 4 is 6.21 Å². The SMILES string of the molecule is CCCC/N=C/c1cccc(-c2ccccc2)n1. The Kier molecular flexibility index (Phi) is 4.65. The molecule has 0 bridgehead atoms. The number of hydrogen-bond acceptors (Lipinski definition) is 2. The van der Waals surface area contributed by atoms with E-state index in [1.165, 1.54) is 6.42 Å². The molecular weight excluding hydrogens is 220 g/mol. The number of benzene rings is 1. The van der Waals surface area contributed by atoms with Crippen molar-refractivity contribution in [3.05, 3.63) is 54.2 Å². The van der Waals surface area contributed by atoms with Crippen LogP contribution in [0.1, 0.15) is 25.5 Å². The highest BCUT2D eigenvalue weighted by Crippen LogP contribution is 2.15.